The Labute approximate surface area is 119 Å². The lowest BCUT2D eigenvalue weighted by atomic mass is 9.90. The zero-order valence-electron chi connectivity index (χ0n) is 11.8. The maximum Gasteiger partial charge on any atom is 0.161 e. The number of benzene rings is 1. The Morgan fingerprint density at radius 2 is 1.85 bits per heavy atom. The molecule has 1 saturated carbocycles. The predicted octanol–water partition coefficient (Wildman–Crippen LogP) is 2.08. The van der Waals surface area contributed by atoms with Crippen molar-refractivity contribution in [2.24, 2.45) is 5.73 Å². The number of hydrogen-bond acceptors (Lipinski definition) is 4. The Kier molecular flexibility index (Phi) is 3.08. The van der Waals surface area contributed by atoms with Gasteiger partial charge in [-0.1, -0.05) is 6.07 Å². The highest BCUT2D eigenvalue weighted by atomic mass is 16.6. The van der Waals surface area contributed by atoms with E-state index in [1.165, 1.54) is 31.4 Å². The molecule has 20 heavy (non-hydrogen) atoms. The molecule has 2 fully saturated rings. The van der Waals surface area contributed by atoms with Gasteiger partial charge in [-0.3, -0.25) is 4.90 Å². The van der Waals surface area contributed by atoms with Crippen molar-refractivity contribution in [1.82, 2.24) is 4.90 Å². The molecule has 1 aliphatic carbocycles. The number of rotatable bonds is 2. The van der Waals surface area contributed by atoms with Crippen molar-refractivity contribution in [3.63, 3.8) is 0 Å². The number of fused-ring (bicyclic) bond motifs is 1. The van der Waals surface area contributed by atoms with E-state index in [9.17, 15) is 0 Å². The summed E-state index contributed by atoms with van der Waals surface area (Å²) in [7, 11) is 0. The van der Waals surface area contributed by atoms with Crippen LogP contribution in [0.15, 0.2) is 18.2 Å². The van der Waals surface area contributed by atoms with Crippen LogP contribution in [0.5, 0.6) is 11.5 Å². The average Bonchev–Trinajstić information content (AvgIpc) is 3.31. The molecule has 1 saturated heterocycles. The second-order valence-electron chi connectivity index (χ2n) is 6.12. The monoisotopic (exact) mass is 274 g/mol. The van der Waals surface area contributed by atoms with Crippen LogP contribution in [0.1, 0.15) is 37.3 Å². The highest BCUT2D eigenvalue weighted by Gasteiger charge is 2.39. The lowest BCUT2D eigenvalue weighted by Crippen LogP contribution is -2.46. The van der Waals surface area contributed by atoms with E-state index in [2.05, 4.69) is 17.0 Å². The van der Waals surface area contributed by atoms with Crippen molar-refractivity contribution < 1.29 is 9.47 Å². The molecule has 4 rings (SSSR count). The summed E-state index contributed by atoms with van der Waals surface area (Å²) in [6.07, 6.45) is 4.99. The second-order valence-corrected chi connectivity index (χ2v) is 6.12. The van der Waals surface area contributed by atoms with Gasteiger partial charge >= 0.3 is 0 Å². The minimum atomic E-state index is 0.229. The van der Waals surface area contributed by atoms with Gasteiger partial charge in [-0.15, -0.1) is 0 Å². The first-order valence-electron chi connectivity index (χ1n) is 7.74. The van der Waals surface area contributed by atoms with Crippen molar-refractivity contribution in [3.8, 4) is 11.5 Å². The molecule has 1 aromatic rings. The number of ether oxygens (including phenoxy) is 2. The highest BCUT2D eigenvalue weighted by Crippen LogP contribution is 2.41. The SMILES string of the molecule is NC1CCCN(C2CC2)C1c1ccc2c(c1)OCCO2. The van der Waals surface area contributed by atoms with Crippen LogP contribution >= 0.6 is 0 Å². The van der Waals surface area contributed by atoms with Crippen LogP contribution in [0, 0.1) is 0 Å². The van der Waals surface area contributed by atoms with Crippen LogP contribution in [0.2, 0.25) is 0 Å². The van der Waals surface area contributed by atoms with Gasteiger partial charge in [0.05, 0.1) is 6.04 Å². The Balaban J connectivity index is 1.66. The topological polar surface area (TPSA) is 47.7 Å². The van der Waals surface area contributed by atoms with E-state index >= 15 is 0 Å². The number of hydrogen-bond donors (Lipinski definition) is 1. The first-order valence-corrected chi connectivity index (χ1v) is 7.74. The van der Waals surface area contributed by atoms with Crippen LogP contribution < -0.4 is 15.2 Å². The fraction of sp³-hybridized carbons (Fsp3) is 0.625. The summed E-state index contributed by atoms with van der Waals surface area (Å²) in [6.45, 7) is 2.46. The van der Waals surface area contributed by atoms with Crippen molar-refractivity contribution in [1.29, 1.82) is 0 Å². The molecule has 0 amide bonds. The third-order valence-corrected chi connectivity index (χ3v) is 4.64. The molecule has 3 aliphatic rings. The predicted molar refractivity (Wildman–Crippen MR) is 77.1 cm³/mol. The van der Waals surface area contributed by atoms with Crippen LogP contribution in [0.4, 0.5) is 0 Å². The average molecular weight is 274 g/mol. The van der Waals surface area contributed by atoms with E-state index in [0.29, 0.717) is 19.3 Å². The van der Waals surface area contributed by atoms with E-state index < -0.39 is 0 Å². The third-order valence-electron chi connectivity index (χ3n) is 4.64. The molecule has 2 N–H and O–H groups in total. The van der Waals surface area contributed by atoms with Crippen LogP contribution in [-0.4, -0.2) is 36.7 Å². The molecule has 0 aromatic heterocycles. The van der Waals surface area contributed by atoms with Gasteiger partial charge in [0.15, 0.2) is 11.5 Å². The number of likely N-dealkylation sites (tertiary alicyclic amines) is 1. The van der Waals surface area contributed by atoms with Gasteiger partial charge in [0.25, 0.3) is 0 Å². The molecular weight excluding hydrogens is 252 g/mol. The summed E-state index contributed by atoms with van der Waals surface area (Å²) in [5.74, 6) is 1.74. The van der Waals surface area contributed by atoms with Crippen molar-refractivity contribution >= 4 is 0 Å². The zero-order valence-corrected chi connectivity index (χ0v) is 11.8. The molecule has 0 bridgehead atoms. The molecule has 0 spiro atoms. The van der Waals surface area contributed by atoms with Crippen LogP contribution in [0.3, 0.4) is 0 Å². The summed E-state index contributed by atoms with van der Waals surface area (Å²) in [6, 6.07) is 7.66. The van der Waals surface area contributed by atoms with E-state index in [0.717, 1.165) is 24.0 Å². The third kappa shape index (κ3) is 2.17. The Morgan fingerprint density at radius 1 is 1.05 bits per heavy atom. The molecule has 2 heterocycles. The van der Waals surface area contributed by atoms with Gasteiger partial charge < -0.3 is 15.2 Å². The van der Waals surface area contributed by atoms with E-state index in [4.69, 9.17) is 15.2 Å². The fourth-order valence-electron chi connectivity index (χ4n) is 3.55. The standard InChI is InChI=1S/C16H22N2O2/c17-13-2-1-7-18(12-4-5-12)16(13)11-3-6-14-15(10-11)20-9-8-19-14/h3,6,10,12-13,16H,1-2,4-5,7-9,17H2. The molecule has 2 atom stereocenters. The Bertz CT molecular complexity index is 501. The molecule has 2 aliphatic heterocycles. The van der Waals surface area contributed by atoms with Crippen molar-refractivity contribution in [2.75, 3.05) is 19.8 Å². The second kappa shape index (κ2) is 4.93. The molecule has 4 nitrogen and oxygen atoms in total. The van der Waals surface area contributed by atoms with Gasteiger partial charge in [0.2, 0.25) is 0 Å². The van der Waals surface area contributed by atoms with Gasteiger partial charge in [-0.05, 0) is 49.9 Å². The Hall–Kier alpha value is -1.26. The normalized spacial score (nSPS) is 30.2. The zero-order chi connectivity index (χ0) is 13.5. The van der Waals surface area contributed by atoms with Gasteiger partial charge in [0, 0.05) is 12.1 Å². The lowest BCUT2D eigenvalue weighted by Gasteiger charge is -2.40. The van der Waals surface area contributed by atoms with Crippen molar-refractivity contribution in [2.45, 2.75) is 43.8 Å². The maximum atomic E-state index is 6.43. The molecule has 4 heteroatoms. The summed E-state index contributed by atoms with van der Waals surface area (Å²) >= 11 is 0. The highest BCUT2D eigenvalue weighted by molar-refractivity contribution is 5.45. The van der Waals surface area contributed by atoms with E-state index in [1.807, 2.05) is 6.07 Å². The summed E-state index contributed by atoms with van der Waals surface area (Å²) in [5, 5.41) is 0. The lowest BCUT2D eigenvalue weighted by molar-refractivity contribution is 0.118. The largest absolute Gasteiger partial charge is 0.486 e. The summed E-state index contributed by atoms with van der Waals surface area (Å²) in [4.78, 5) is 2.61. The van der Waals surface area contributed by atoms with Gasteiger partial charge in [-0.25, -0.2) is 0 Å². The molecule has 0 radical (unpaired) electrons. The first kappa shape index (κ1) is 12.5. The molecule has 108 valence electrons. The quantitative estimate of drug-likeness (QED) is 0.897. The van der Waals surface area contributed by atoms with E-state index in [1.54, 1.807) is 0 Å². The minimum absolute atomic E-state index is 0.229. The van der Waals surface area contributed by atoms with Gasteiger partial charge in [0.1, 0.15) is 13.2 Å². The fourth-order valence-corrected chi connectivity index (χ4v) is 3.55. The van der Waals surface area contributed by atoms with E-state index in [-0.39, 0.29) is 6.04 Å². The number of piperidine rings is 1. The first-order chi connectivity index (χ1) is 9.83. The summed E-state index contributed by atoms with van der Waals surface area (Å²) in [5.41, 5.74) is 7.71. The molecular formula is C16H22N2O2. The minimum Gasteiger partial charge on any atom is -0.486 e. The molecule has 1 aromatic carbocycles. The smallest absolute Gasteiger partial charge is 0.161 e. The van der Waals surface area contributed by atoms with Gasteiger partial charge in [-0.2, -0.15) is 0 Å². The Morgan fingerprint density at radius 3 is 2.65 bits per heavy atom. The van der Waals surface area contributed by atoms with Crippen molar-refractivity contribution in [3.05, 3.63) is 23.8 Å². The number of nitrogens with two attached hydrogens (primary N) is 1. The molecule has 2 unspecified atom stereocenters. The summed E-state index contributed by atoms with van der Waals surface area (Å²) < 4.78 is 11.3. The number of nitrogens with zero attached hydrogens (tertiary/aromatic N) is 1. The van der Waals surface area contributed by atoms with Crippen LogP contribution in [0.25, 0.3) is 0 Å². The maximum absolute atomic E-state index is 6.43. The van der Waals surface area contributed by atoms with Crippen LogP contribution in [-0.2, 0) is 0 Å².